The predicted octanol–water partition coefficient (Wildman–Crippen LogP) is 4.14. The van der Waals surface area contributed by atoms with Gasteiger partial charge in [-0.15, -0.1) is 0 Å². The first-order valence-electron chi connectivity index (χ1n) is 9.10. The van der Waals surface area contributed by atoms with Crippen molar-refractivity contribution in [2.75, 3.05) is 18.1 Å². The number of nitrogens with zero attached hydrogens (tertiary/aromatic N) is 2. The van der Waals surface area contributed by atoms with Crippen LogP contribution in [0.1, 0.15) is 11.6 Å². The quantitative estimate of drug-likeness (QED) is 0.483. The molecule has 7 nitrogen and oxygen atoms in total. The molecule has 0 saturated carbocycles. The van der Waals surface area contributed by atoms with Crippen molar-refractivity contribution in [3.05, 3.63) is 94.5 Å². The Hall–Kier alpha value is -3.87. The Kier molecular flexibility index (Phi) is 5.11. The van der Waals surface area contributed by atoms with Crippen LogP contribution in [-0.2, 0) is 4.79 Å². The Morgan fingerprint density at radius 2 is 1.72 bits per heavy atom. The number of fused-ring (bicyclic) bond motifs is 1. The smallest absolute Gasteiger partial charge is 0.310 e. The van der Waals surface area contributed by atoms with E-state index >= 15 is 0 Å². The minimum atomic E-state index is -0.531. The normalized spacial score (nSPS) is 15.2. The molecule has 0 spiro atoms. The number of carbonyl (C=O) groups excluding carboxylic acids is 1. The summed E-state index contributed by atoms with van der Waals surface area (Å²) in [5.41, 5.74) is 1.40. The van der Waals surface area contributed by atoms with E-state index in [-0.39, 0.29) is 30.0 Å². The van der Waals surface area contributed by atoms with E-state index in [1.165, 1.54) is 12.1 Å². The lowest BCUT2D eigenvalue weighted by Gasteiger charge is -2.37. The van der Waals surface area contributed by atoms with Crippen molar-refractivity contribution in [2.24, 2.45) is 0 Å². The van der Waals surface area contributed by atoms with E-state index in [4.69, 9.17) is 9.47 Å². The second-order valence-electron chi connectivity index (χ2n) is 6.48. The van der Waals surface area contributed by atoms with Crippen LogP contribution in [0.25, 0.3) is 0 Å². The van der Waals surface area contributed by atoms with E-state index in [9.17, 15) is 14.9 Å². The maximum Gasteiger partial charge on any atom is 0.310 e. The number of benzene rings is 3. The van der Waals surface area contributed by atoms with E-state index in [1.807, 2.05) is 48.5 Å². The van der Waals surface area contributed by atoms with E-state index in [2.05, 4.69) is 0 Å². The zero-order valence-corrected chi connectivity index (χ0v) is 15.4. The first-order valence-corrected chi connectivity index (χ1v) is 9.10. The molecule has 1 aliphatic heterocycles. The first-order chi connectivity index (χ1) is 14.1. The van der Waals surface area contributed by atoms with Crippen LogP contribution >= 0.6 is 0 Å². The van der Waals surface area contributed by atoms with Crippen molar-refractivity contribution < 1.29 is 19.2 Å². The average molecular weight is 390 g/mol. The van der Waals surface area contributed by atoms with Crippen LogP contribution in [0.15, 0.2) is 78.9 Å². The lowest BCUT2D eigenvalue weighted by molar-refractivity contribution is -0.385. The average Bonchev–Trinajstić information content (AvgIpc) is 2.77. The maximum absolute atomic E-state index is 13.2. The standard InChI is InChI=1S/C22H18N2O5/c25-22(15-29-21-13-7-5-11-18(21)24(26)27)23-17-10-4-6-12-20(17)28-14-19(23)16-8-2-1-3-9-16/h1-13,19H,14-15H2. The summed E-state index contributed by atoms with van der Waals surface area (Å²) in [6, 6.07) is 22.6. The van der Waals surface area contributed by atoms with Gasteiger partial charge in [0.15, 0.2) is 12.4 Å². The highest BCUT2D eigenvalue weighted by atomic mass is 16.6. The number of ether oxygens (including phenoxy) is 2. The molecule has 0 bridgehead atoms. The monoisotopic (exact) mass is 390 g/mol. The van der Waals surface area contributed by atoms with Crippen molar-refractivity contribution in [3.63, 3.8) is 0 Å². The fourth-order valence-corrected chi connectivity index (χ4v) is 3.36. The molecule has 1 unspecified atom stereocenters. The van der Waals surface area contributed by atoms with Crippen LogP contribution in [0.5, 0.6) is 11.5 Å². The van der Waals surface area contributed by atoms with Crippen molar-refractivity contribution in [1.82, 2.24) is 0 Å². The molecule has 1 atom stereocenters. The lowest BCUT2D eigenvalue weighted by Crippen LogP contribution is -2.43. The molecule has 0 saturated heterocycles. The Morgan fingerprint density at radius 3 is 2.52 bits per heavy atom. The number of anilines is 1. The first kappa shape index (κ1) is 18.5. The number of carbonyl (C=O) groups is 1. The van der Waals surface area contributed by atoms with Crippen LogP contribution in [0.4, 0.5) is 11.4 Å². The Morgan fingerprint density at radius 1 is 1.03 bits per heavy atom. The number of nitro groups is 1. The van der Waals surface area contributed by atoms with Gasteiger partial charge in [-0.05, 0) is 23.8 Å². The second-order valence-corrected chi connectivity index (χ2v) is 6.48. The second kappa shape index (κ2) is 8.02. The highest BCUT2D eigenvalue weighted by molar-refractivity contribution is 5.97. The third-order valence-corrected chi connectivity index (χ3v) is 4.70. The zero-order chi connectivity index (χ0) is 20.2. The molecular formula is C22H18N2O5. The van der Waals surface area contributed by atoms with Crippen LogP contribution in [0.2, 0.25) is 0 Å². The third kappa shape index (κ3) is 3.75. The zero-order valence-electron chi connectivity index (χ0n) is 15.4. The molecule has 0 radical (unpaired) electrons. The molecule has 0 aromatic heterocycles. The summed E-state index contributed by atoms with van der Waals surface area (Å²) in [6.07, 6.45) is 0. The maximum atomic E-state index is 13.2. The van der Waals surface area contributed by atoms with Crippen LogP contribution in [0, 0.1) is 10.1 Å². The van der Waals surface area contributed by atoms with Crippen molar-refractivity contribution in [1.29, 1.82) is 0 Å². The minimum absolute atomic E-state index is 0.0589. The summed E-state index contributed by atoms with van der Waals surface area (Å²) in [7, 11) is 0. The molecule has 1 aliphatic rings. The summed E-state index contributed by atoms with van der Waals surface area (Å²) in [5, 5.41) is 11.2. The summed E-state index contributed by atoms with van der Waals surface area (Å²) in [5.74, 6) is 0.357. The number of amides is 1. The molecule has 29 heavy (non-hydrogen) atoms. The number of rotatable bonds is 5. The SMILES string of the molecule is O=C(COc1ccccc1[N+](=O)[O-])N1c2ccccc2OCC1c1ccccc1. The Balaban J connectivity index is 1.63. The molecule has 1 amide bonds. The van der Waals surface area contributed by atoms with Gasteiger partial charge in [0, 0.05) is 6.07 Å². The van der Waals surface area contributed by atoms with Crippen LogP contribution < -0.4 is 14.4 Å². The van der Waals surface area contributed by atoms with Gasteiger partial charge in [0.1, 0.15) is 12.4 Å². The fraction of sp³-hybridized carbons (Fsp3) is 0.136. The van der Waals surface area contributed by atoms with Gasteiger partial charge in [-0.2, -0.15) is 0 Å². The van der Waals surface area contributed by atoms with Gasteiger partial charge < -0.3 is 9.47 Å². The van der Waals surface area contributed by atoms with Gasteiger partial charge in [-0.3, -0.25) is 19.8 Å². The number of hydrogen-bond donors (Lipinski definition) is 0. The Bertz CT molecular complexity index is 1040. The summed E-state index contributed by atoms with van der Waals surface area (Å²) >= 11 is 0. The van der Waals surface area contributed by atoms with E-state index in [0.717, 1.165) is 5.56 Å². The summed E-state index contributed by atoms with van der Waals surface area (Å²) < 4.78 is 11.4. The van der Waals surface area contributed by atoms with Crippen molar-refractivity contribution in [2.45, 2.75) is 6.04 Å². The molecular weight excluding hydrogens is 372 g/mol. The molecule has 4 rings (SSSR count). The molecule has 0 fully saturated rings. The van der Waals surface area contributed by atoms with Gasteiger partial charge in [-0.1, -0.05) is 54.6 Å². The molecule has 0 N–H and O–H groups in total. The molecule has 3 aromatic rings. The molecule has 3 aromatic carbocycles. The molecule has 0 aliphatic carbocycles. The highest BCUT2D eigenvalue weighted by Gasteiger charge is 2.33. The van der Waals surface area contributed by atoms with Crippen LogP contribution in [-0.4, -0.2) is 24.0 Å². The molecule has 7 heteroatoms. The molecule has 146 valence electrons. The number of hydrogen-bond acceptors (Lipinski definition) is 5. The van der Waals surface area contributed by atoms with Gasteiger partial charge in [0.05, 0.1) is 16.7 Å². The molecule has 1 heterocycles. The van der Waals surface area contributed by atoms with Crippen molar-refractivity contribution in [3.8, 4) is 11.5 Å². The number of para-hydroxylation sites is 4. The predicted molar refractivity (Wildman–Crippen MR) is 107 cm³/mol. The highest BCUT2D eigenvalue weighted by Crippen LogP contribution is 2.39. The number of nitro benzene ring substituents is 1. The van der Waals surface area contributed by atoms with Gasteiger partial charge >= 0.3 is 5.69 Å². The van der Waals surface area contributed by atoms with Gasteiger partial charge in [0.2, 0.25) is 0 Å². The van der Waals surface area contributed by atoms with E-state index < -0.39 is 4.92 Å². The van der Waals surface area contributed by atoms with E-state index in [0.29, 0.717) is 18.0 Å². The van der Waals surface area contributed by atoms with Crippen molar-refractivity contribution >= 4 is 17.3 Å². The largest absolute Gasteiger partial charge is 0.489 e. The lowest BCUT2D eigenvalue weighted by atomic mass is 10.0. The summed E-state index contributed by atoms with van der Waals surface area (Å²) in [6.45, 7) is -0.0270. The topological polar surface area (TPSA) is 81.9 Å². The fourth-order valence-electron chi connectivity index (χ4n) is 3.36. The van der Waals surface area contributed by atoms with Crippen LogP contribution in [0.3, 0.4) is 0 Å². The Labute approximate surface area is 167 Å². The van der Waals surface area contributed by atoms with E-state index in [1.54, 1.807) is 23.1 Å². The van der Waals surface area contributed by atoms with Gasteiger partial charge in [0.25, 0.3) is 5.91 Å². The third-order valence-electron chi connectivity index (χ3n) is 4.70. The van der Waals surface area contributed by atoms with Gasteiger partial charge in [-0.25, -0.2) is 0 Å². The summed E-state index contributed by atoms with van der Waals surface area (Å²) in [4.78, 5) is 25.5. The minimum Gasteiger partial charge on any atom is -0.489 e.